The van der Waals surface area contributed by atoms with Crippen molar-refractivity contribution in [3.63, 3.8) is 0 Å². The first-order valence-corrected chi connectivity index (χ1v) is 9.22. The fraction of sp³-hybridized carbons (Fsp3) is 0.429. The van der Waals surface area contributed by atoms with Gasteiger partial charge < -0.3 is 14.0 Å². The number of rotatable bonds is 5. The number of aromatic nitrogens is 1. The van der Waals surface area contributed by atoms with Gasteiger partial charge in [-0.3, -0.25) is 4.79 Å². The molecule has 1 aliphatic rings. The van der Waals surface area contributed by atoms with E-state index < -0.39 is 5.97 Å². The molecule has 5 heteroatoms. The summed E-state index contributed by atoms with van der Waals surface area (Å²) in [6.45, 7) is 5.08. The summed E-state index contributed by atoms with van der Waals surface area (Å²) in [5, 5.41) is 0. The molecule has 0 radical (unpaired) electrons. The largest absolute Gasteiger partial charge is 0.493 e. The normalized spacial score (nSPS) is 13.6. The smallest absolute Gasteiger partial charge is 0.344 e. The molecule has 2 heterocycles. The number of pyridine rings is 1. The molecule has 0 unspecified atom stereocenters. The molecule has 0 saturated carbocycles. The zero-order valence-electron chi connectivity index (χ0n) is 15.4. The number of hydrogen-bond acceptors (Lipinski definition) is 4. The van der Waals surface area contributed by atoms with Crippen LogP contribution in [-0.2, 0) is 24.3 Å². The molecule has 0 bridgehead atoms. The molecule has 3 rings (SSSR count). The summed E-state index contributed by atoms with van der Waals surface area (Å²) in [4.78, 5) is 25.3. The Morgan fingerprint density at radius 1 is 1.15 bits per heavy atom. The van der Waals surface area contributed by atoms with Gasteiger partial charge in [-0.2, -0.15) is 0 Å². The number of benzene rings is 1. The van der Waals surface area contributed by atoms with Crippen molar-refractivity contribution >= 4 is 5.97 Å². The Bertz CT molecular complexity index is 836. The number of carbonyl (C=O) groups excluding carboxylic acids is 1. The van der Waals surface area contributed by atoms with Gasteiger partial charge in [-0.05, 0) is 38.7 Å². The molecule has 1 aliphatic heterocycles. The van der Waals surface area contributed by atoms with Crippen molar-refractivity contribution in [3.05, 3.63) is 63.1 Å². The van der Waals surface area contributed by atoms with E-state index in [0.29, 0.717) is 30.9 Å². The van der Waals surface area contributed by atoms with Gasteiger partial charge in [0.1, 0.15) is 17.9 Å². The molecule has 0 N–H and O–H groups in total. The maximum Gasteiger partial charge on any atom is 0.344 e. The van der Waals surface area contributed by atoms with Gasteiger partial charge in [0.2, 0.25) is 0 Å². The van der Waals surface area contributed by atoms with Crippen molar-refractivity contribution in [3.8, 4) is 5.75 Å². The summed E-state index contributed by atoms with van der Waals surface area (Å²) in [5.41, 5.74) is 3.13. The average molecular weight is 355 g/mol. The fourth-order valence-electron chi connectivity index (χ4n) is 3.31. The molecule has 5 nitrogen and oxygen atoms in total. The number of ether oxygens (including phenoxy) is 2. The summed E-state index contributed by atoms with van der Waals surface area (Å²) < 4.78 is 12.9. The molecular formula is C21H25NO4. The van der Waals surface area contributed by atoms with Crippen molar-refractivity contribution in [1.29, 1.82) is 0 Å². The van der Waals surface area contributed by atoms with Gasteiger partial charge in [-0.1, -0.05) is 36.2 Å². The lowest BCUT2D eigenvalue weighted by atomic mass is 10.1. The summed E-state index contributed by atoms with van der Waals surface area (Å²) >= 11 is 0. The Labute approximate surface area is 153 Å². The first kappa shape index (κ1) is 18.2. The van der Waals surface area contributed by atoms with Gasteiger partial charge in [0.05, 0.1) is 6.61 Å². The van der Waals surface area contributed by atoms with Gasteiger partial charge in [-0.25, -0.2) is 4.79 Å². The van der Waals surface area contributed by atoms with Crippen molar-refractivity contribution in [2.75, 3.05) is 6.61 Å². The third kappa shape index (κ3) is 3.98. The fourth-order valence-corrected chi connectivity index (χ4v) is 3.31. The average Bonchev–Trinajstić information content (AvgIpc) is 2.88. The molecule has 2 aromatic rings. The van der Waals surface area contributed by atoms with Crippen LogP contribution in [0.2, 0.25) is 0 Å². The highest BCUT2D eigenvalue weighted by Crippen LogP contribution is 2.26. The highest BCUT2D eigenvalue weighted by atomic mass is 16.5. The van der Waals surface area contributed by atoms with Crippen molar-refractivity contribution in [1.82, 2.24) is 4.57 Å². The SMILES string of the molecule is CCOc1cc(=O)n2c(c1C(=O)OCc1ccc(C)cc1)CCCCC2. The first-order valence-electron chi connectivity index (χ1n) is 9.22. The molecule has 138 valence electrons. The second-order valence-electron chi connectivity index (χ2n) is 6.63. The molecule has 0 atom stereocenters. The van der Waals surface area contributed by atoms with Crippen LogP contribution in [0.4, 0.5) is 0 Å². The van der Waals surface area contributed by atoms with E-state index >= 15 is 0 Å². The Hall–Kier alpha value is -2.56. The zero-order chi connectivity index (χ0) is 18.5. The third-order valence-corrected chi connectivity index (χ3v) is 4.67. The molecule has 0 fully saturated rings. The maximum atomic E-state index is 12.9. The van der Waals surface area contributed by atoms with Crippen LogP contribution >= 0.6 is 0 Å². The second kappa shape index (κ2) is 8.21. The number of hydrogen-bond donors (Lipinski definition) is 0. The lowest BCUT2D eigenvalue weighted by molar-refractivity contribution is 0.0465. The molecule has 1 aromatic heterocycles. The van der Waals surface area contributed by atoms with Gasteiger partial charge in [0, 0.05) is 18.3 Å². The van der Waals surface area contributed by atoms with Crippen molar-refractivity contribution in [2.45, 2.75) is 52.7 Å². The topological polar surface area (TPSA) is 57.5 Å². The Morgan fingerprint density at radius 2 is 1.92 bits per heavy atom. The highest BCUT2D eigenvalue weighted by Gasteiger charge is 2.24. The van der Waals surface area contributed by atoms with E-state index in [1.54, 1.807) is 4.57 Å². The van der Waals surface area contributed by atoms with Gasteiger partial charge >= 0.3 is 5.97 Å². The summed E-state index contributed by atoms with van der Waals surface area (Å²) in [7, 11) is 0. The van der Waals surface area contributed by atoms with Crippen LogP contribution in [0.25, 0.3) is 0 Å². The number of esters is 1. The second-order valence-corrected chi connectivity index (χ2v) is 6.63. The molecule has 0 spiro atoms. The van der Waals surface area contributed by atoms with Crippen LogP contribution in [0.1, 0.15) is 53.4 Å². The van der Waals surface area contributed by atoms with E-state index in [1.165, 1.54) is 6.07 Å². The van der Waals surface area contributed by atoms with Crippen LogP contribution in [0.5, 0.6) is 5.75 Å². The van der Waals surface area contributed by atoms with Crippen molar-refractivity contribution in [2.24, 2.45) is 0 Å². The van der Waals surface area contributed by atoms with E-state index in [-0.39, 0.29) is 12.2 Å². The maximum absolute atomic E-state index is 12.9. The molecule has 1 aromatic carbocycles. The van der Waals surface area contributed by atoms with Gasteiger partial charge in [0.25, 0.3) is 5.56 Å². The van der Waals surface area contributed by atoms with E-state index in [2.05, 4.69) is 0 Å². The molecule has 0 amide bonds. The first-order chi connectivity index (χ1) is 12.6. The predicted molar refractivity (Wildman–Crippen MR) is 99.7 cm³/mol. The third-order valence-electron chi connectivity index (χ3n) is 4.67. The number of carbonyl (C=O) groups is 1. The predicted octanol–water partition coefficient (Wildman–Crippen LogP) is 3.64. The van der Waals surface area contributed by atoms with E-state index in [1.807, 2.05) is 38.1 Å². The van der Waals surface area contributed by atoms with Gasteiger partial charge in [0.15, 0.2) is 0 Å². The van der Waals surface area contributed by atoms with Crippen LogP contribution in [0, 0.1) is 6.92 Å². The van der Waals surface area contributed by atoms with Crippen molar-refractivity contribution < 1.29 is 14.3 Å². The lowest BCUT2D eigenvalue weighted by Crippen LogP contribution is -2.26. The summed E-state index contributed by atoms with van der Waals surface area (Å²) in [6, 6.07) is 9.29. The molecule has 26 heavy (non-hydrogen) atoms. The Balaban J connectivity index is 1.92. The highest BCUT2D eigenvalue weighted by molar-refractivity contribution is 5.93. The summed E-state index contributed by atoms with van der Waals surface area (Å²) in [5.74, 6) is -0.0979. The molecule has 0 aliphatic carbocycles. The molecular weight excluding hydrogens is 330 g/mol. The minimum atomic E-state index is -0.431. The van der Waals surface area contributed by atoms with Crippen LogP contribution < -0.4 is 10.3 Å². The quantitative estimate of drug-likeness (QED) is 0.769. The van der Waals surface area contributed by atoms with E-state index in [9.17, 15) is 9.59 Å². The number of aryl methyl sites for hydroxylation is 1. The Morgan fingerprint density at radius 3 is 2.65 bits per heavy atom. The number of nitrogens with zero attached hydrogens (tertiary/aromatic N) is 1. The van der Waals surface area contributed by atoms with Crippen LogP contribution in [-0.4, -0.2) is 17.1 Å². The van der Waals surface area contributed by atoms with Crippen LogP contribution in [0.3, 0.4) is 0 Å². The molecule has 0 saturated heterocycles. The minimum Gasteiger partial charge on any atom is -0.493 e. The lowest BCUT2D eigenvalue weighted by Gasteiger charge is -2.17. The van der Waals surface area contributed by atoms with E-state index in [4.69, 9.17) is 9.47 Å². The summed E-state index contributed by atoms with van der Waals surface area (Å²) in [6.07, 6.45) is 3.63. The number of fused-ring (bicyclic) bond motifs is 1. The van der Waals surface area contributed by atoms with Crippen LogP contribution in [0.15, 0.2) is 35.1 Å². The van der Waals surface area contributed by atoms with E-state index in [0.717, 1.165) is 36.1 Å². The Kier molecular flexibility index (Phi) is 5.76. The standard InChI is InChI=1S/C21H25NO4/c1-3-25-18-13-19(23)22-12-6-4-5-7-17(22)20(18)21(24)26-14-16-10-8-15(2)9-11-16/h8-11,13H,3-7,12,14H2,1-2H3. The van der Waals surface area contributed by atoms with Gasteiger partial charge in [-0.15, -0.1) is 0 Å². The minimum absolute atomic E-state index is 0.111. The monoisotopic (exact) mass is 355 g/mol. The zero-order valence-corrected chi connectivity index (χ0v) is 15.4.